The second-order valence-electron chi connectivity index (χ2n) is 21.3. The van der Waals surface area contributed by atoms with Crippen LogP contribution in [0.25, 0.3) is 0 Å². The van der Waals surface area contributed by atoms with E-state index in [1.807, 2.05) is 0 Å². The van der Waals surface area contributed by atoms with Crippen LogP contribution in [-0.2, 0) is 28.6 Å². The van der Waals surface area contributed by atoms with Crippen LogP contribution >= 0.6 is 0 Å². The van der Waals surface area contributed by atoms with Gasteiger partial charge in [0.15, 0.2) is 6.10 Å². The fourth-order valence-corrected chi connectivity index (χ4v) is 9.05. The van der Waals surface area contributed by atoms with Crippen LogP contribution in [0.2, 0.25) is 0 Å². The first-order chi connectivity index (χ1) is 37.0. The number of hydrogen-bond donors (Lipinski definition) is 0. The number of rotatable bonds is 58. The molecule has 0 aromatic rings. The number of carbonyl (C=O) groups is 3. The second-order valence-corrected chi connectivity index (χ2v) is 21.3. The van der Waals surface area contributed by atoms with Gasteiger partial charge in [-0.2, -0.15) is 0 Å². The third kappa shape index (κ3) is 61.3. The van der Waals surface area contributed by atoms with Crippen LogP contribution < -0.4 is 0 Å². The summed E-state index contributed by atoms with van der Waals surface area (Å²) in [5, 5.41) is 0. The molecule has 1 atom stereocenters. The highest BCUT2D eigenvalue weighted by Crippen LogP contribution is 2.16. The van der Waals surface area contributed by atoms with E-state index < -0.39 is 6.10 Å². The summed E-state index contributed by atoms with van der Waals surface area (Å²) < 4.78 is 16.9. The van der Waals surface area contributed by atoms with Crippen LogP contribution in [-0.4, -0.2) is 37.2 Å². The van der Waals surface area contributed by atoms with Crippen LogP contribution in [0.5, 0.6) is 0 Å². The van der Waals surface area contributed by atoms with Crippen LogP contribution in [0.4, 0.5) is 0 Å². The second kappa shape index (κ2) is 63.1. The lowest BCUT2D eigenvalue weighted by atomic mass is 10.1. The third-order valence-corrected chi connectivity index (χ3v) is 13.9. The molecule has 0 saturated heterocycles. The minimum atomic E-state index is -0.798. The van der Waals surface area contributed by atoms with Crippen LogP contribution in [0.1, 0.15) is 316 Å². The third-order valence-electron chi connectivity index (χ3n) is 13.9. The van der Waals surface area contributed by atoms with Crippen molar-refractivity contribution in [3.05, 3.63) is 85.1 Å². The van der Waals surface area contributed by atoms with Crippen molar-refractivity contribution in [3.63, 3.8) is 0 Å². The fourth-order valence-electron chi connectivity index (χ4n) is 9.05. The predicted octanol–water partition coefficient (Wildman–Crippen LogP) is 21.9. The minimum absolute atomic E-state index is 0.0914. The molecule has 6 nitrogen and oxygen atoms in total. The Labute approximate surface area is 465 Å². The van der Waals surface area contributed by atoms with E-state index in [1.165, 1.54) is 180 Å². The zero-order chi connectivity index (χ0) is 54.3. The Hall–Kier alpha value is -3.41. The van der Waals surface area contributed by atoms with Gasteiger partial charge < -0.3 is 14.2 Å². The van der Waals surface area contributed by atoms with Crippen molar-refractivity contribution >= 4 is 17.9 Å². The summed E-state index contributed by atoms with van der Waals surface area (Å²) in [5.41, 5.74) is 0. The molecule has 0 fully saturated rings. The van der Waals surface area contributed by atoms with Gasteiger partial charge in [-0.25, -0.2) is 0 Å². The van der Waals surface area contributed by atoms with E-state index in [9.17, 15) is 14.4 Å². The van der Waals surface area contributed by atoms with Crippen molar-refractivity contribution in [1.82, 2.24) is 0 Å². The number of carbonyl (C=O) groups excluding carboxylic acids is 3. The zero-order valence-corrected chi connectivity index (χ0v) is 49.6. The Balaban J connectivity index is 4.43. The van der Waals surface area contributed by atoms with E-state index in [4.69, 9.17) is 14.2 Å². The molecule has 1 unspecified atom stereocenters. The molecule has 432 valence electrons. The van der Waals surface area contributed by atoms with E-state index in [1.54, 1.807) is 0 Å². The summed E-state index contributed by atoms with van der Waals surface area (Å²) in [6, 6.07) is 0. The molecular weight excluding hydrogens is 925 g/mol. The highest BCUT2D eigenvalue weighted by Gasteiger charge is 2.19. The molecule has 6 heteroatoms. The maximum Gasteiger partial charge on any atom is 0.306 e. The minimum Gasteiger partial charge on any atom is -0.462 e. The average molecular weight is 1050 g/mol. The van der Waals surface area contributed by atoms with Crippen molar-refractivity contribution in [2.75, 3.05) is 13.2 Å². The molecule has 0 aliphatic rings. The number of hydrogen-bond acceptors (Lipinski definition) is 6. The first-order valence-electron chi connectivity index (χ1n) is 32.1. The Bertz CT molecular complexity index is 1430. The van der Waals surface area contributed by atoms with Crippen molar-refractivity contribution in [2.45, 2.75) is 322 Å². The molecule has 0 aliphatic heterocycles. The van der Waals surface area contributed by atoms with Gasteiger partial charge in [-0.1, -0.05) is 266 Å². The highest BCUT2D eigenvalue weighted by molar-refractivity contribution is 5.71. The maximum absolute atomic E-state index is 12.9. The average Bonchev–Trinajstić information content (AvgIpc) is 3.41. The molecule has 0 spiro atoms. The predicted molar refractivity (Wildman–Crippen MR) is 325 cm³/mol. The molecule has 0 rings (SSSR count). The van der Waals surface area contributed by atoms with Crippen molar-refractivity contribution in [1.29, 1.82) is 0 Å². The standard InChI is InChI=1S/C69H120O6/c1-4-7-10-13-16-19-22-25-28-31-33-34-36-38-41-44-47-50-53-56-59-62-68(71)74-65-66(64-73-67(70)61-58-55-52-49-46-43-40-37-30-27-24-21-18-15-12-9-6-3)75-69(72)63-60-57-54-51-48-45-42-39-35-32-29-26-23-20-17-14-11-8-5-2/h8,11,17,20,26-27,29-31,33,35,39,45,48,66H,4-7,9-10,12-16,18-19,21-25,28,32,34,36-38,40-44,46-47,49-65H2,1-3H3/b11-8-,20-17-,29-26-,30-27-,33-31-,39-35-,48-45-. The first-order valence-corrected chi connectivity index (χ1v) is 32.1. The van der Waals surface area contributed by atoms with Gasteiger partial charge in [0.2, 0.25) is 0 Å². The molecule has 75 heavy (non-hydrogen) atoms. The largest absolute Gasteiger partial charge is 0.462 e. The van der Waals surface area contributed by atoms with Crippen molar-refractivity contribution in [3.8, 4) is 0 Å². The van der Waals surface area contributed by atoms with E-state index in [-0.39, 0.29) is 37.5 Å². The summed E-state index contributed by atoms with van der Waals surface area (Å²) in [6.45, 7) is 6.52. The van der Waals surface area contributed by atoms with Gasteiger partial charge in [0.25, 0.3) is 0 Å². The molecule has 0 amide bonds. The smallest absolute Gasteiger partial charge is 0.306 e. The normalized spacial score (nSPS) is 12.6. The molecule has 0 bridgehead atoms. The van der Waals surface area contributed by atoms with Crippen LogP contribution in [0.15, 0.2) is 85.1 Å². The Morgan fingerprint density at radius 3 is 0.840 bits per heavy atom. The SMILES string of the molecule is CC/C=C\C/C=C\C/C=C\C/C=C\C/C=C\CCCCCC(=O)OC(COC(=O)CCCCCCCCC/C=C\CCCCCCCC)COC(=O)CCCCCCCCCCC/C=C\CCCCCCCCCC. The number of ether oxygens (including phenoxy) is 3. The van der Waals surface area contributed by atoms with Gasteiger partial charge >= 0.3 is 17.9 Å². The first kappa shape index (κ1) is 71.6. The van der Waals surface area contributed by atoms with E-state index >= 15 is 0 Å². The highest BCUT2D eigenvalue weighted by atomic mass is 16.6. The summed E-state index contributed by atoms with van der Waals surface area (Å²) in [6.07, 6.45) is 83.0. The van der Waals surface area contributed by atoms with Gasteiger partial charge in [-0.15, -0.1) is 0 Å². The molecule has 0 N–H and O–H groups in total. The Kier molecular flexibility index (Phi) is 60.3. The van der Waals surface area contributed by atoms with E-state index in [2.05, 4.69) is 106 Å². The zero-order valence-electron chi connectivity index (χ0n) is 49.6. The molecule has 0 aromatic heterocycles. The summed E-state index contributed by atoms with van der Waals surface area (Å²) in [5.74, 6) is -0.918. The van der Waals surface area contributed by atoms with Crippen molar-refractivity contribution in [2.24, 2.45) is 0 Å². The van der Waals surface area contributed by atoms with Gasteiger partial charge in [0, 0.05) is 19.3 Å². The lowest BCUT2D eigenvalue weighted by Gasteiger charge is -2.18. The fraction of sp³-hybridized carbons (Fsp3) is 0.754. The topological polar surface area (TPSA) is 78.9 Å². The lowest BCUT2D eigenvalue weighted by molar-refractivity contribution is -0.167. The van der Waals surface area contributed by atoms with E-state index in [0.29, 0.717) is 12.8 Å². The molecule has 0 radical (unpaired) electrons. The Morgan fingerprint density at radius 2 is 0.520 bits per heavy atom. The number of esters is 3. The van der Waals surface area contributed by atoms with E-state index in [0.717, 1.165) is 96.3 Å². The summed E-state index contributed by atoms with van der Waals surface area (Å²) >= 11 is 0. The quantitative estimate of drug-likeness (QED) is 0.0261. The van der Waals surface area contributed by atoms with Crippen LogP contribution in [0.3, 0.4) is 0 Å². The summed E-state index contributed by atoms with van der Waals surface area (Å²) in [7, 11) is 0. The van der Waals surface area contributed by atoms with Gasteiger partial charge in [-0.05, 0) is 116 Å². The summed E-state index contributed by atoms with van der Waals surface area (Å²) in [4.78, 5) is 38.3. The molecule has 0 aliphatic carbocycles. The van der Waals surface area contributed by atoms with Gasteiger partial charge in [-0.3, -0.25) is 14.4 Å². The molecule has 0 aromatic carbocycles. The Morgan fingerprint density at radius 1 is 0.280 bits per heavy atom. The van der Waals surface area contributed by atoms with Crippen molar-refractivity contribution < 1.29 is 28.6 Å². The van der Waals surface area contributed by atoms with Gasteiger partial charge in [0.1, 0.15) is 13.2 Å². The number of unbranched alkanes of at least 4 members (excludes halogenated alkanes) is 33. The maximum atomic E-state index is 12.9. The molecule has 0 heterocycles. The monoisotopic (exact) mass is 1040 g/mol. The molecule has 0 saturated carbocycles. The number of allylic oxidation sites excluding steroid dienone is 14. The lowest BCUT2D eigenvalue weighted by Crippen LogP contribution is -2.30. The van der Waals surface area contributed by atoms with Crippen LogP contribution in [0, 0.1) is 0 Å². The van der Waals surface area contributed by atoms with Gasteiger partial charge in [0.05, 0.1) is 0 Å². The molecular formula is C69H120O6.